The minimum atomic E-state index is -3.58. The monoisotopic (exact) mass is 477 g/mol. The van der Waals surface area contributed by atoms with E-state index in [0.717, 1.165) is 29.1 Å². The predicted octanol–water partition coefficient (Wildman–Crippen LogP) is 3.42. The summed E-state index contributed by atoms with van der Waals surface area (Å²) in [6.45, 7) is 11.4. The van der Waals surface area contributed by atoms with Crippen LogP contribution in [-0.4, -0.2) is 44.9 Å². The first-order chi connectivity index (χ1) is 14.9. The molecular formula is C22H31N5O3S2. The minimum absolute atomic E-state index is 0.0154. The lowest BCUT2D eigenvalue weighted by Gasteiger charge is -2.31. The zero-order valence-corrected chi connectivity index (χ0v) is 21.2. The molecule has 0 aliphatic carbocycles. The van der Waals surface area contributed by atoms with Crippen LogP contribution in [0.15, 0.2) is 21.1 Å². The summed E-state index contributed by atoms with van der Waals surface area (Å²) in [5.41, 5.74) is 2.73. The molecule has 32 heavy (non-hydrogen) atoms. The molecule has 1 atom stereocenters. The van der Waals surface area contributed by atoms with Gasteiger partial charge >= 0.3 is 5.69 Å². The molecule has 0 bridgehead atoms. The average molecular weight is 478 g/mol. The molecule has 4 rings (SSSR count). The maximum absolute atomic E-state index is 13.3. The lowest BCUT2D eigenvalue weighted by molar-refractivity contribution is 0.313. The summed E-state index contributed by atoms with van der Waals surface area (Å²) in [5.74, 6) is -0.0154. The highest BCUT2D eigenvalue weighted by Crippen LogP contribution is 2.33. The molecule has 1 aliphatic rings. The Bertz CT molecular complexity index is 1330. The summed E-state index contributed by atoms with van der Waals surface area (Å²) in [6, 6.07) is 3.90. The molecule has 0 saturated carbocycles. The molecule has 0 spiro atoms. The van der Waals surface area contributed by atoms with Crippen molar-refractivity contribution >= 4 is 32.5 Å². The summed E-state index contributed by atoms with van der Waals surface area (Å²) in [7, 11) is -1.84. The minimum Gasteiger partial charge on any atom is -0.290 e. The number of fused-ring (bicyclic) bond motifs is 1. The highest BCUT2D eigenvalue weighted by atomic mass is 32.2. The van der Waals surface area contributed by atoms with Crippen molar-refractivity contribution < 1.29 is 8.42 Å². The van der Waals surface area contributed by atoms with E-state index in [-0.39, 0.29) is 17.0 Å². The molecule has 0 amide bonds. The van der Waals surface area contributed by atoms with Gasteiger partial charge in [0.2, 0.25) is 0 Å². The third-order valence-electron chi connectivity index (χ3n) is 5.87. The third kappa shape index (κ3) is 4.15. The number of rotatable bonds is 4. The summed E-state index contributed by atoms with van der Waals surface area (Å²) < 4.78 is 31.8. The molecule has 10 heteroatoms. The summed E-state index contributed by atoms with van der Waals surface area (Å²) in [6.07, 6.45) is 1.63. The van der Waals surface area contributed by atoms with Crippen molar-refractivity contribution in [3.63, 3.8) is 0 Å². The number of aryl methyl sites for hydroxylation is 3. The van der Waals surface area contributed by atoms with E-state index >= 15 is 0 Å². The van der Waals surface area contributed by atoms with Crippen molar-refractivity contribution in [3.05, 3.63) is 39.0 Å². The molecule has 8 nitrogen and oxygen atoms in total. The van der Waals surface area contributed by atoms with Crippen LogP contribution in [0.25, 0.3) is 11.2 Å². The van der Waals surface area contributed by atoms with Gasteiger partial charge in [0.1, 0.15) is 0 Å². The van der Waals surface area contributed by atoms with Gasteiger partial charge in [-0.3, -0.25) is 9.13 Å². The van der Waals surface area contributed by atoms with Crippen LogP contribution in [0.1, 0.15) is 55.9 Å². The number of thiazole rings is 1. The molecule has 0 N–H and O–H groups in total. The van der Waals surface area contributed by atoms with E-state index in [2.05, 4.69) is 25.8 Å². The van der Waals surface area contributed by atoms with Gasteiger partial charge in [0.05, 0.1) is 16.2 Å². The van der Waals surface area contributed by atoms with Gasteiger partial charge in [-0.25, -0.2) is 23.2 Å². The van der Waals surface area contributed by atoms with E-state index in [1.807, 2.05) is 19.1 Å². The van der Waals surface area contributed by atoms with Crippen LogP contribution in [0, 0.1) is 19.3 Å². The molecule has 1 saturated heterocycles. The molecular weight excluding hydrogens is 446 g/mol. The van der Waals surface area contributed by atoms with Gasteiger partial charge in [-0.15, -0.1) is 11.3 Å². The van der Waals surface area contributed by atoms with Gasteiger partial charge < -0.3 is 0 Å². The highest BCUT2D eigenvalue weighted by molar-refractivity contribution is 7.91. The number of sulfonamides is 1. The van der Waals surface area contributed by atoms with E-state index < -0.39 is 10.0 Å². The molecule has 0 radical (unpaired) electrons. The SMILES string of the molecule is Cc1nc(C)c(S(=O)(=O)N2CCCC(c3ccc4c(n3)n(C)c(=O)n4CC(C)(C)C)C2)s1. The van der Waals surface area contributed by atoms with E-state index in [4.69, 9.17) is 4.98 Å². The Kier molecular flexibility index (Phi) is 5.83. The van der Waals surface area contributed by atoms with Gasteiger partial charge in [0.15, 0.2) is 9.86 Å². The van der Waals surface area contributed by atoms with Crippen molar-refractivity contribution in [2.24, 2.45) is 12.5 Å². The number of hydrogen-bond donors (Lipinski definition) is 0. The van der Waals surface area contributed by atoms with Crippen LogP contribution in [0.3, 0.4) is 0 Å². The average Bonchev–Trinajstić information content (AvgIpc) is 3.18. The maximum atomic E-state index is 13.3. The fourth-order valence-corrected chi connectivity index (χ4v) is 7.56. The predicted molar refractivity (Wildman–Crippen MR) is 127 cm³/mol. The molecule has 1 aliphatic heterocycles. The number of pyridine rings is 1. The Morgan fingerprint density at radius 3 is 2.53 bits per heavy atom. The molecule has 4 heterocycles. The molecule has 3 aromatic heterocycles. The Labute approximate surface area is 193 Å². The molecule has 174 valence electrons. The second kappa shape index (κ2) is 8.07. The zero-order chi connectivity index (χ0) is 23.4. The summed E-state index contributed by atoms with van der Waals surface area (Å²) in [4.78, 5) is 21.9. The fraction of sp³-hybridized carbons (Fsp3) is 0.591. The topological polar surface area (TPSA) is 90.1 Å². The molecule has 3 aromatic rings. The van der Waals surface area contributed by atoms with Gasteiger partial charge in [-0.05, 0) is 44.2 Å². The normalized spacial score (nSPS) is 18.5. The number of imidazole rings is 1. The van der Waals surface area contributed by atoms with Crippen LogP contribution in [-0.2, 0) is 23.6 Å². The zero-order valence-electron chi connectivity index (χ0n) is 19.5. The lowest BCUT2D eigenvalue weighted by Crippen LogP contribution is -2.39. The Morgan fingerprint density at radius 1 is 1.19 bits per heavy atom. The fourth-order valence-electron chi connectivity index (χ4n) is 4.41. The first-order valence-corrected chi connectivity index (χ1v) is 13.1. The first kappa shape index (κ1) is 23.1. The van der Waals surface area contributed by atoms with Gasteiger partial charge in [-0.1, -0.05) is 20.8 Å². The maximum Gasteiger partial charge on any atom is 0.330 e. The van der Waals surface area contributed by atoms with Crippen LogP contribution in [0.2, 0.25) is 0 Å². The largest absolute Gasteiger partial charge is 0.330 e. The van der Waals surface area contributed by atoms with Crippen molar-refractivity contribution in [1.29, 1.82) is 0 Å². The highest BCUT2D eigenvalue weighted by Gasteiger charge is 2.34. The standard InChI is InChI=1S/C22H31N5O3S2/c1-14-20(31-15(2)23-14)32(29,30)26-11-7-8-16(12-26)17-9-10-18-19(24-17)25(6)21(28)27(18)13-22(3,4)5/h9-10,16H,7-8,11-13H2,1-6H3. The summed E-state index contributed by atoms with van der Waals surface area (Å²) >= 11 is 1.23. The van der Waals surface area contributed by atoms with E-state index in [0.29, 0.717) is 35.2 Å². The van der Waals surface area contributed by atoms with Gasteiger partial charge in [-0.2, -0.15) is 4.31 Å². The van der Waals surface area contributed by atoms with E-state index in [1.54, 1.807) is 27.4 Å². The van der Waals surface area contributed by atoms with E-state index in [9.17, 15) is 13.2 Å². The molecule has 0 aromatic carbocycles. The quantitative estimate of drug-likeness (QED) is 0.574. The smallest absolute Gasteiger partial charge is 0.290 e. The molecule has 1 unspecified atom stereocenters. The Hall–Kier alpha value is -2.04. The van der Waals surface area contributed by atoms with Crippen molar-refractivity contribution in [3.8, 4) is 0 Å². The van der Waals surface area contributed by atoms with Crippen LogP contribution < -0.4 is 5.69 Å². The number of nitrogens with zero attached hydrogens (tertiary/aromatic N) is 5. The third-order valence-corrected chi connectivity index (χ3v) is 9.40. The van der Waals surface area contributed by atoms with Crippen molar-refractivity contribution in [2.75, 3.05) is 13.1 Å². The number of piperidine rings is 1. The number of hydrogen-bond acceptors (Lipinski definition) is 6. The van der Waals surface area contributed by atoms with E-state index in [1.165, 1.54) is 11.3 Å². The van der Waals surface area contributed by atoms with Crippen LogP contribution in [0.5, 0.6) is 0 Å². The second-order valence-electron chi connectivity index (χ2n) is 9.88. The Balaban J connectivity index is 1.67. The van der Waals surface area contributed by atoms with Crippen molar-refractivity contribution in [2.45, 2.75) is 64.1 Å². The molecule has 1 fully saturated rings. The van der Waals surface area contributed by atoms with Crippen molar-refractivity contribution in [1.82, 2.24) is 23.4 Å². The number of aromatic nitrogens is 4. The van der Waals surface area contributed by atoms with Gasteiger partial charge in [0, 0.05) is 38.3 Å². The summed E-state index contributed by atoms with van der Waals surface area (Å²) in [5, 5.41) is 0.752. The Morgan fingerprint density at radius 2 is 1.91 bits per heavy atom. The lowest BCUT2D eigenvalue weighted by atomic mass is 9.95. The van der Waals surface area contributed by atoms with Gasteiger partial charge in [0.25, 0.3) is 10.0 Å². The second-order valence-corrected chi connectivity index (χ2v) is 13.2. The van der Waals surface area contributed by atoms with Crippen LogP contribution >= 0.6 is 11.3 Å². The first-order valence-electron chi connectivity index (χ1n) is 10.9. The van der Waals surface area contributed by atoms with Crippen LogP contribution in [0.4, 0.5) is 0 Å².